The molecule has 0 saturated carbocycles. The lowest BCUT2D eigenvalue weighted by molar-refractivity contribution is -0.563. The molecular weight excluding hydrogens is 292 g/mol. The summed E-state index contributed by atoms with van der Waals surface area (Å²) in [7, 11) is 0. The summed E-state index contributed by atoms with van der Waals surface area (Å²) in [4.78, 5) is -2.27. The molecule has 0 radical (unpaired) electrons. The first-order valence-electron chi connectivity index (χ1n) is 4.03. The van der Waals surface area contributed by atoms with Crippen molar-refractivity contribution in [3.63, 3.8) is 0 Å². The number of alkyl halides is 10. The van der Waals surface area contributed by atoms with Crippen LogP contribution in [0.15, 0.2) is 0 Å². The van der Waals surface area contributed by atoms with Gasteiger partial charge in [-0.1, -0.05) is 0 Å². The predicted octanol–water partition coefficient (Wildman–Crippen LogP) is 2.95. The molecule has 0 spiro atoms. The van der Waals surface area contributed by atoms with Gasteiger partial charge in [-0.3, -0.25) is 0 Å². The number of rotatable bonds is 2. The van der Waals surface area contributed by atoms with E-state index in [-0.39, 0.29) is 0 Å². The van der Waals surface area contributed by atoms with Crippen molar-refractivity contribution in [3.8, 4) is 0 Å². The number of hydrogen-bond donors (Lipinski definition) is 0. The number of ether oxygens (including phenoxy) is 1. The molecule has 0 N–H and O–H groups in total. The van der Waals surface area contributed by atoms with Crippen molar-refractivity contribution in [2.75, 3.05) is 6.54 Å². The highest BCUT2D eigenvalue weighted by Crippen LogP contribution is 2.55. The van der Waals surface area contributed by atoms with Gasteiger partial charge in [-0.15, -0.1) is 0 Å². The zero-order valence-electron chi connectivity index (χ0n) is 7.92. The average Bonchev–Trinajstić information content (AvgIpc) is 2.09. The maximum Gasteiger partial charge on any atom is 0.439 e. The van der Waals surface area contributed by atoms with Gasteiger partial charge in [0.25, 0.3) is 6.43 Å². The first-order valence-corrected chi connectivity index (χ1v) is 4.03. The molecule has 1 rings (SSSR count). The third-order valence-electron chi connectivity index (χ3n) is 1.96. The molecule has 18 heavy (non-hydrogen) atoms. The summed E-state index contributed by atoms with van der Waals surface area (Å²) in [5.74, 6) is 0. The van der Waals surface area contributed by atoms with E-state index in [0.29, 0.717) is 0 Å². The van der Waals surface area contributed by atoms with Crippen LogP contribution in [0.25, 0.3) is 0 Å². The van der Waals surface area contributed by atoms with E-state index < -0.39 is 42.2 Å². The number of morpholine rings is 1. The monoisotopic (exact) mass is 295 g/mol. The molecule has 1 saturated heterocycles. The Kier molecular flexibility index (Phi) is 3.27. The fourth-order valence-corrected chi connectivity index (χ4v) is 1.14. The number of hydrogen-bond acceptors (Lipinski definition) is 2. The summed E-state index contributed by atoms with van der Waals surface area (Å²) in [5.41, 5.74) is 0. The zero-order chi connectivity index (χ0) is 14.6. The summed E-state index contributed by atoms with van der Waals surface area (Å²) in [6, 6.07) is -12.0. The Labute approximate surface area is 92.1 Å². The average molecular weight is 295 g/mol. The van der Waals surface area contributed by atoms with Crippen LogP contribution in [-0.4, -0.2) is 42.2 Å². The third-order valence-corrected chi connectivity index (χ3v) is 1.96. The Morgan fingerprint density at radius 3 is 1.39 bits per heavy atom. The largest absolute Gasteiger partial charge is 0.439 e. The Bertz CT molecular complexity index is 302. The normalized spacial score (nSPS) is 29.5. The van der Waals surface area contributed by atoms with Crippen LogP contribution in [0.1, 0.15) is 0 Å². The number of nitrogens with zero attached hydrogens (tertiary/aromatic N) is 1. The Hall–Kier alpha value is -0.780. The van der Waals surface area contributed by atoms with Crippen LogP contribution in [0.2, 0.25) is 0 Å². The lowest BCUT2D eigenvalue weighted by atomic mass is 10.2. The SMILES string of the molecule is FC(F)CN1C(F)(F)C(F)(F)OC(F)(F)C1(F)F. The Morgan fingerprint density at radius 1 is 0.778 bits per heavy atom. The molecule has 0 aromatic rings. The molecule has 2 nitrogen and oxygen atoms in total. The molecule has 12 heteroatoms. The van der Waals surface area contributed by atoms with Gasteiger partial charge in [0, 0.05) is 0 Å². The molecule has 0 aliphatic carbocycles. The molecule has 1 aliphatic heterocycles. The van der Waals surface area contributed by atoms with E-state index in [1.54, 1.807) is 0 Å². The van der Waals surface area contributed by atoms with Crippen LogP contribution in [0.3, 0.4) is 0 Å². The summed E-state index contributed by atoms with van der Waals surface area (Å²) in [6.07, 6.45) is -16.1. The van der Waals surface area contributed by atoms with Gasteiger partial charge in [0.1, 0.15) is 0 Å². The standard InChI is InChI=1S/C6H3F10NO/c7-2(8)1-17-3(9,10)5(13,14)18-6(15,16)4(17,11)12/h2H,1H2. The van der Waals surface area contributed by atoms with E-state index in [4.69, 9.17) is 0 Å². The summed E-state index contributed by atoms with van der Waals surface area (Å²) in [5, 5.41) is 0. The molecular formula is C6H3F10NO. The second kappa shape index (κ2) is 3.85. The van der Waals surface area contributed by atoms with E-state index >= 15 is 0 Å². The van der Waals surface area contributed by atoms with E-state index in [1.165, 1.54) is 0 Å². The van der Waals surface area contributed by atoms with Crippen molar-refractivity contribution in [3.05, 3.63) is 0 Å². The first kappa shape index (κ1) is 15.3. The van der Waals surface area contributed by atoms with Crippen LogP contribution < -0.4 is 0 Å². The maximum atomic E-state index is 12.8. The zero-order valence-corrected chi connectivity index (χ0v) is 7.92. The lowest BCUT2D eigenvalue weighted by Gasteiger charge is -2.46. The van der Waals surface area contributed by atoms with Crippen LogP contribution in [0.4, 0.5) is 43.9 Å². The van der Waals surface area contributed by atoms with Crippen molar-refractivity contribution in [1.29, 1.82) is 0 Å². The molecule has 1 fully saturated rings. The third kappa shape index (κ3) is 2.00. The number of halogens is 10. The van der Waals surface area contributed by atoms with Crippen LogP contribution >= 0.6 is 0 Å². The quantitative estimate of drug-likeness (QED) is 0.573. The van der Waals surface area contributed by atoms with Gasteiger partial charge in [0.05, 0.1) is 6.54 Å². The Balaban J connectivity index is 3.28. The highest BCUT2D eigenvalue weighted by molar-refractivity contribution is 4.94. The molecule has 108 valence electrons. The summed E-state index contributed by atoms with van der Waals surface area (Å²) < 4.78 is 126. The van der Waals surface area contributed by atoms with Crippen LogP contribution in [0, 0.1) is 0 Å². The second-order valence-electron chi connectivity index (χ2n) is 3.22. The van der Waals surface area contributed by atoms with Crippen molar-refractivity contribution >= 4 is 0 Å². The second-order valence-corrected chi connectivity index (χ2v) is 3.22. The van der Waals surface area contributed by atoms with E-state index in [2.05, 4.69) is 4.74 Å². The molecule has 0 amide bonds. The van der Waals surface area contributed by atoms with Gasteiger partial charge in [0.15, 0.2) is 0 Å². The smallest absolute Gasteiger partial charge is 0.243 e. The maximum absolute atomic E-state index is 12.8. The fraction of sp³-hybridized carbons (Fsp3) is 1.00. The topological polar surface area (TPSA) is 12.5 Å². The lowest BCUT2D eigenvalue weighted by Crippen LogP contribution is -2.74. The van der Waals surface area contributed by atoms with Gasteiger partial charge in [-0.05, 0) is 0 Å². The van der Waals surface area contributed by atoms with Crippen molar-refractivity contribution < 1.29 is 48.6 Å². The molecule has 1 heterocycles. The van der Waals surface area contributed by atoms with E-state index in [1.807, 2.05) is 0 Å². The molecule has 1 aliphatic rings. The summed E-state index contributed by atoms with van der Waals surface area (Å²) >= 11 is 0. The van der Waals surface area contributed by atoms with E-state index in [0.717, 1.165) is 0 Å². The van der Waals surface area contributed by atoms with Gasteiger partial charge in [-0.25, -0.2) is 13.5 Å². The van der Waals surface area contributed by atoms with E-state index in [9.17, 15) is 43.9 Å². The highest BCUT2D eigenvalue weighted by Gasteiger charge is 2.82. The fourth-order valence-electron chi connectivity index (χ4n) is 1.14. The van der Waals surface area contributed by atoms with Gasteiger partial charge in [0.2, 0.25) is 0 Å². The molecule has 0 unspecified atom stereocenters. The van der Waals surface area contributed by atoms with Crippen molar-refractivity contribution in [1.82, 2.24) is 4.90 Å². The van der Waals surface area contributed by atoms with Gasteiger partial charge < -0.3 is 0 Å². The predicted molar refractivity (Wildman–Crippen MR) is 33.6 cm³/mol. The highest BCUT2D eigenvalue weighted by atomic mass is 19.4. The van der Waals surface area contributed by atoms with Gasteiger partial charge >= 0.3 is 24.3 Å². The minimum atomic E-state index is -6.05. The Morgan fingerprint density at radius 2 is 1.11 bits per heavy atom. The molecule has 0 aromatic heterocycles. The molecule has 0 atom stereocenters. The van der Waals surface area contributed by atoms with Crippen molar-refractivity contribution in [2.24, 2.45) is 0 Å². The summed E-state index contributed by atoms with van der Waals surface area (Å²) in [6.45, 7) is -2.69. The van der Waals surface area contributed by atoms with Crippen LogP contribution in [-0.2, 0) is 4.74 Å². The minimum Gasteiger partial charge on any atom is -0.243 e. The van der Waals surface area contributed by atoms with Crippen molar-refractivity contribution in [2.45, 2.75) is 30.7 Å². The first-order chi connectivity index (χ1) is 7.76. The molecule has 0 aromatic carbocycles. The van der Waals surface area contributed by atoms with Gasteiger partial charge in [-0.2, -0.15) is 40.0 Å². The molecule has 0 bridgehead atoms. The van der Waals surface area contributed by atoms with Crippen LogP contribution in [0.5, 0.6) is 0 Å². The minimum absolute atomic E-state index is 2.05.